The van der Waals surface area contributed by atoms with Gasteiger partial charge in [0.25, 0.3) is 11.8 Å². The third-order valence-electron chi connectivity index (χ3n) is 13.9. The van der Waals surface area contributed by atoms with Gasteiger partial charge in [-0.1, -0.05) is 29.8 Å². The van der Waals surface area contributed by atoms with Gasteiger partial charge in [-0.05, 0) is 86.5 Å². The van der Waals surface area contributed by atoms with Crippen molar-refractivity contribution in [3.8, 4) is 0 Å². The van der Waals surface area contributed by atoms with Crippen molar-refractivity contribution in [3.63, 3.8) is 0 Å². The average molecular weight is 1140 g/mol. The van der Waals surface area contributed by atoms with Crippen molar-refractivity contribution in [3.05, 3.63) is 82.2 Å². The predicted octanol–water partition coefficient (Wildman–Crippen LogP) is 3.00. The highest BCUT2D eigenvalue weighted by molar-refractivity contribution is 7.85. The number of amides is 5. The number of hydrogen-bond donors (Lipinski definition) is 3. The summed E-state index contributed by atoms with van der Waals surface area (Å²) in [7, 11) is -1.57. The average Bonchev–Trinajstić information content (AvgIpc) is 4.12. The van der Waals surface area contributed by atoms with E-state index >= 15 is 0 Å². The van der Waals surface area contributed by atoms with Crippen LogP contribution in [0.15, 0.2) is 70.4 Å². The van der Waals surface area contributed by atoms with E-state index in [1.807, 2.05) is 47.9 Å². The zero-order valence-electron chi connectivity index (χ0n) is 45.4. The summed E-state index contributed by atoms with van der Waals surface area (Å²) in [5.74, 6) is -2.57. The first-order chi connectivity index (χ1) is 37.8. The van der Waals surface area contributed by atoms with Crippen LogP contribution in [0.1, 0.15) is 81.9 Å². The molecule has 3 atom stereocenters. The summed E-state index contributed by atoms with van der Waals surface area (Å²) in [6.07, 6.45) is 12.1. The molecule has 0 spiro atoms. The molecule has 2 aromatic rings. The number of anilines is 1. The fourth-order valence-corrected chi connectivity index (χ4v) is 10.4. The zero-order valence-corrected chi connectivity index (χ0v) is 47.0. The number of hydroxylamine groups is 2. The summed E-state index contributed by atoms with van der Waals surface area (Å²) >= 11 is 6.75. The molecule has 23 nitrogen and oxygen atoms in total. The highest BCUT2D eigenvalue weighted by Crippen LogP contribution is 2.52. The summed E-state index contributed by atoms with van der Waals surface area (Å²) in [6, 6.07) is 3.73. The number of halogens is 1. The van der Waals surface area contributed by atoms with Gasteiger partial charge >= 0.3 is 11.8 Å². The summed E-state index contributed by atoms with van der Waals surface area (Å²) in [5, 5.41) is 9.20. The topological polar surface area (TPSA) is 283 Å². The first kappa shape index (κ1) is 62.2. The van der Waals surface area contributed by atoms with Crippen LogP contribution < -0.4 is 25.4 Å². The first-order valence-electron chi connectivity index (χ1n) is 26.3. The van der Waals surface area contributed by atoms with Crippen LogP contribution >= 0.6 is 11.6 Å². The van der Waals surface area contributed by atoms with Crippen LogP contribution in [-0.2, 0) is 89.5 Å². The summed E-state index contributed by atoms with van der Waals surface area (Å²) in [4.78, 5) is 86.7. The number of nitrogens with zero attached hydrogens (tertiary/aromatic N) is 4. The summed E-state index contributed by atoms with van der Waals surface area (Å²) in [6.45, 7) is 8.02. The van der Waals surface area contributed by atoms with E-state index in [4.69, 9.17) is 49.9 Å². The van der Waals surface area contributed by atoms with Gasteiger partial charge in [0.05, 0.1) is 73.6 Å². The van der Waals surface area contributed by atoms with Crippen LogP contribution in [-0.4, -0.2) is 165 Å². The van der Waals surface area contributed by atoms with Crippen molar-refractivity contribution >= 4 is 74.4 Å². The van der Waals surface area contributed by atoms with Gasteiger partial charge in [-0.25, -0.2) is 17.8 Å². The maximum Gasteiger partial charge on any atom is 0.335 e. The lowest BCUT2D eigenvalue weighted by molar-refractivity contribution is -0.685. The molecule has 4 aliphatic rings. The van der Waals surface area contributed by atoms with E-state index < -0.39 is 56.6 Å². The van der Waals surface area contributed by atoms with E-state index in [-0.39, 0.29) is 115 Å². The number of allylic oxidation sites excluding steroid dienone is 6. The predicted molar refractivity (Wildman–Crippen MR) is 286 cm³/mol. The van der Waals surface area contributed by atoms with E-state index in [1.54, 1.807) is 27.3 Å². The van der Waals surface area contributed by atoms with Gasteiger partial charge in [0, 0.05) is 96.2 Å². The number of rotatable bonds is 15. The molecule has 1 aromatic carbocycles. The van der Waals surface area contributed by atoms with Crippen LogP contribution in [0.4, 0.5) is 11.5 Å². The molecule has 79 heavy (non-hydrogen) atoms. The lowest BCUT2D eigenvalue weighted by atomic mass is 9.77. The fraction of sp³-hybridized carbons (Fsp3) is 0.556. The van der Waals surface area contributed by atoms with Crippen molar-refractivity contribution in [2.75, 3.05) is 105 Å². The molecule has 1 fully saturated rings. The Hall–Kier alpha value is -5.96. The smallest absolute Gasteiger partial charge is 0.335 e. The number of fused-ring (bicyclic) bond motifs is 3. The molecular weight excluding hydrogens is 1070 g/mol. The second-order valence-electron chi connectivity index (χ2n) is 19.6. The molecule has 3 unspecified atom stereocenters. The second kappa shape index (κ2) is 29.5. The molecule has 4 aliphatic heterocycles. The third-order valence-corrected chi connectivity index (χ3v) is 15.0. The molecule has 5 heterocycles. The van der Waals surface area contributed by atoms with Crippen LogP contribution in [0.3, 0.4) is 0 Å². The van der Waals surface area contributed by atoms with Gasteiger partial charge in [-0.2, -0.15) is 0 Å². The number of benzene rings is 1. The molecule has 2 bridgehead atoms. The summed E-state index contributed by atoms with van der Waals surface area (Å²) in [5.41, 5.74) is 3.10. The van der Waals surface area contributed by atoms with E-state index in [1.165, 1.54) is 12.1 Å². The molecule has 1 saturated heterocycles. The Morgan fingerprint density at radius 2 is 1.56 bits per heavy atom. The van der Waals surface area contributed by atoms with E-state index in [2.05, 4.69) is 27.8 Å². The number of methoxy groups -OCH3 is 2. The highest BCUT2D eigenvalue weighted by Gasteiger charge is 2.47. The van der Waals surface area contributed by atoms with Gasteiger partial charge in [-0.15, -0.1) is 5.06 Å². The molecule has 3 N–H and O–H groups in total. The summed E-state index contributed by atoms with van der Waals surface area (Å²) < 4.78 is 73.4. The number of aromatic nitrogens is 1. The lowest BCUT2D eigenvalue weighted by Crippen LogP contribution is -2.48. The maximum atomic E-state index is 13.4. The monoisotopic (exact) mass is 1140 g/mol. The van der Waals surface area contributed by atoms with Gasteiger partial charge in [0.1, 0.15) is 28.9 Å². The Bertz CT molecular complexity index is 2770. The third kappa shape index (κ3) is 16.8. The molecular formula is C54H72ClN7O16S. The molecule has 432 valence electrons. The van der Waals surface area contributed by atoms with E-state index in [0.717, 1.165) is 22.7 Å². The van der Waals surface area contributed by atoms with Gasteiger partial charge in [0.2, 0.25) is 17.7 Å². The fourth-order valence-electron chi connectivity index (χ4n) is 9.60. The largest absolute Gasteiger partial charge is 0.744 e. The number of nitrogens with one attached hydrogen (secondary N) is 3. The molecule has 0 radical (unpaired) electrons. The highest BCUT2D eigenvalue weighted by atomic mass is 35.5. The molecule has 0 aliphatic carbocycles. The Kier molecular flexibility index (Phi) is 23.2. The Labute approximate surface area is 465 Å². The SMILES string of the molecule is COCCC1(C)C2=Nc3c1cc(Cl)c[n+]3CCOCCC(=O)NC(C(=O)NCCOCCC(=O)ON1C(=O)CCC1=O)CCOCCNC(=O)CCOCCN1/C(=C/C=C/C=C2)C(C)(CCOC)c2cc(S(=O)(=O)[O-])cc(C)c21. The molecule has 6 rings (SSSR count). The van der Waals surface area contributed by atoms with E-state index in [9.17, 15) is 41.7 Å². The van der Waals surface area contributed by atoms with Crippen molar-refractivity contribution in [2.24, 2.45) is 4.99 Å². The number of carbonyl (C=O) groups is 6. The normalized spacial score (nSPS) is 23.4. The molecule has 0 saturated carbocycles. The standard InChI is InChI=1S/C54H72ClN7O16S/c1-37-33-39(79(69,70)71)35-40-50(37)61-22-32-77-24-14-45(63)56-19-29-74-23-13-42(52(68)57-20-30-75-26-16-49(67)78-62-47(65)11-12-48(62)66)58-46(64)15-25-76-31-21-60-36-38(55)34-41-51(60)59-43(53(41,2)17-27-72-4)9-7-6-8-10-44(61)54(40,3)18-28-73-5/h6-10,33-36,42H,11-32H2,1-5H3,(H3-,56,57,58,63,64,68,69,70,71). The Morgan fingerprint density at radius 1 is 0.861 bits per heavy atom. The number of aryl methyl sites for hydroxylation is 1. The van der Waals surface area contributed by atoms with Gasteiger partial charge in [-0.3, -0.25) is 24.0 Å². The number of aliphatic imine (C=N–C) groups is 1. The van der Waals surface area contributed by atoms with Gasteiger partial charge in [0.15, 0.2) is 5.71 Å². The number of hydrogen-bond acceptors (Lipinski definition) is 18. The minimum absolute atomic E-state index is 0.00206. The maximum absolute atomic E-state index is 13.4. The minimum atomic E-state index is -4.79. The van der Waals surface area contributed by atoms with Crippen molar-refractivity contribution in [1.82, 2.24) is 21.0 Å². The van der Waals surface area contributed by atoms with Crippen LogP contribution in [0.2, 0.25) is 5.02 Å². The molecule has 1 aromatic heterocycles. The van der Waals surface area contributed by atoms with Gasteiger partial charge < -0.3 is 58.7 Å². The number of ether oxygens (including phenoxy) is 6. The number of pyridine rings is 1. The zero-order chi connectivity index (χ0) is 57.2. The van der Waals surface area contributed by atoms with Crippen molar-refractivity contribution < 1.29 is 79.6 Å². The minimum Gasteiger partial charge on any atom is -0.744 e. The number of imide groups is 1. The molecule has 25 heteroatoms. The quantitative estimate of drug-likeness (QED) is 0.100. The van der Waals surface area contributed by atoms with Crippen molar-refractivity contribution in [1.29, 1.82) is 0 Å². The lowest BCUT2D eigenvalue weighted by Gasteiger charge is -2.30. The van der Waals surface area contributed by atoms with Crippen LogP contribution in [0.25, 0.3) is 0 Å². The van der Waals surface area contributed by atoms with E-state index in [0.29, 0.717) is 66.2 Å². The first-order valence-corrected chi connectivity index (χ1v) is 28.0. The molecule has 5 amide bonds. The van der Waals surface area contributed by atoms with Crippen molar-refractivity contribution in [2.45, 2.75) is 100 Å². The van der Waals surface area contributed by atoms with Crippen LogP contribution in [0, 0.1) is 6.92 Å². The second-order valence-corrected chi connectivity index (χ2v) is 21.4. The van der Waals surface area contributed by atoms with Crippen LogP contribution in [0.5, 0.6) is 0 Å². The Balaban J connectivity index is 1.17. The number of carbonyl (C=O) groups excluding carboxylic acids is 6. The Morgan fingerprint density at radius 3 is 2.28 bits per heavy atom.